The molecule has 0 aromatic heterocycles. The number of carbonyl (C=O) groups excluding carboxylic acids is 1. The zero-order valence-corrected chi connectivity index (χ0v) is 20.1. The van der Waals surface area contributed by atoms with Gasteiger partial charge in [-0.1, -0.05) is 41.4 Å². The molecule has 0 spiro atoms. The summed E-state index contributed by atoms with van der Waals surface area (Å²) in [6.07, 6.45) is 1.65. The van der Waals surface area contributed by atoms with Gasteiger partial charge in [0.05, 0.1) is 16.8 Å². The average Bonchev–Trinajstić information content (AvgIpc) is 2.76. The van der Waals surface area contributed by atoms with Gasteiger partial charge in [0.15, 0.2) is 23.0 Å². The van der Waals surface area contributed by atoms with Crippen LogP contribution >= 0.6 is 39.1 Å². The monoisotopic (exact) mass is 533 g/mol. The highest BCUT2D eigenvalue weighted by atomic mass is 79.9. The standard InChI is InChI=1S/C24H18BrCl2NO4/c1-2-30-23-17(25)9-14(10-21(23)31-13-15-7-8-16(26)12-18(15)27)11-22-24(29)28-19-5-3-4-6-20(19)32-22/h3-12H,2,13H2,1H3,(H,28,29)/b22-11+. The lowest BCUT2D eigenvalue weighted by Crippen LogP contribution is -2.23. The van der Waals surface area contributed by atoms with E-state index < -0.39 is 0 Å². The number of benzene rings is 3. The second-order valence-corrected chi connectivity index (χ2v) is 8.55. The van der Waals surface area contributed by atoms with Crippen molar-refractivity contribution in [3.8, 4) is 17.2 Å². The molecule has 1 aliphatic rings. The first-order valence-electron chi connectivity index (χ1n) is 9.77. The van der Waals surface area contributed by atoms with Crippen molar-refractivity contribution >= 4 is 56.8 Å². The molecule has 1 amide bonds. The largest absolute Gasteiger partial charge is 0.489 e. The average molecular weight is 535 g/mol. The molecule has 0 atom stereocenters. The van der Waals surface area contributed by atoms with Gasteiger partial charge in [-0.15, -0.1) is 0 Å². The molecular weight excluding hydrogens is 517 g/mol. The molecule has 3 aromatic carbocycles. The van der Waals surface area contributed by atoms with E-state index in [-0.39, 0.29) is 18.3 Å². The van der Waals surface area contributed by atoms with E-state index in [0.717, 1.165) is 5.56 Å². The molecule has 4 rings (SSSR count). The van der Waals surface area contributed by atoms with Gasteiger partial charge in [-0.05, 0) is 70.9 Å². The van der Waals surface area contributed by atoms with Crippen LogP contribution in [0.4, 0.5) is 5.69 Å². The van der Waals surface area contributed by atoms with Crippen LogP contribution in [0.25, 0.3) is 6.08 Å². The van der Waals surface area contributed by atoms with Gasteiger partial charge in [-0.25, -0.2) is 0 Å². The normalized spacial score (nSPS) is 13.9. The van der Waals surface area contributed by atoms with Crippen LogP contribution in [0.5, 0.6) is 17.2 Å². The predicted molar refractivity (Wildman–Crippen MR) is 130 cm³/mol. The zero-order valence-electron chi connectivity index (χ0n) is 17.0. The first-order valence-corrected chi connectivity index (χ1v) is 11.3. The van der Waals surface area contributed by atoms with Gasteiger partial charge < -0.3 is 19.5 Å². The van der Waals surface area contributed by atoms with Crippen LogP contribution in [-0.4, -0.2) is 12.5 Å². The number of ether oxygens (including phenoxy) is 3. The predicted octanol–water partition coefficient (Wildman–Crippen LogP) is 7.11. The maximum atomic E-state index is 12.5. The molecular formula is C24H18BrCl2NO4. The molecule has 0 aliphatic carbocycles. The minimum atomic E-state index is -0.330. The van der Waals surface area contributed by atoms with E-state index in [1.165, 1.54) is 0 Å². The smallest absolute Gasteiger partial charge is 0.291 e. The molecule has 0 unspecified atom stereocenters. The van der Waals surface area contributed by atoms with Gasteiger partial charge in [0.2, 0.25) is 0 Å². The summed E-state index contributed by atoms with van der Waals surface area (Å²) in [5, 5.41) is 3.89. The number of hydrogen-bond acceptors (Lipinski definition) is 4. The van der Waals surface area contributed by atoms with E-state index in [0.29, 0.717) is 49.6 Å². The lowest BCUT2D eigenvalue weighted by molar-refractivity contribution is -0.115. The van der Waals surface area contributed by atoms with Crippen LogP contribution in [0, 0.1) is 0 Å². The Labute approximate surface area is 204 Å². The number of carbonyl (C=O) groups is 1. The van der Waals surface area contributed by atoms with Crippen molar-refractivity contribution in [2.75, 3.05) is 11.9 Å². The van der Waals surface area contributed by atoms with Crippen LogP contribution in [-0.2, 0) is 11.4 Å². The van der Waals surface area contributed by atoms with Crippen LogP contribution in [0.15, 0.2) is 64.8 Å². The Bertz CT molecular complexity index is 1210. The molecule has 1 N–H and O–H groups in total. The van der Waals surface area contributed by atoms with E-state index >= 15 is 0 Å². The summed E-state index contributed by atoms with van der Waals surface area (Å²) in [5.41, 5.74) is 2.11. The van der Waals surface area contributed by atoms with Crippen molar-refractivity contribution in [1.82, 2.24) is 0 Å². The Morgan fingerprint density at radius 1 is 1.09 bits per heavy atom. The Morgan fingerprint density at radius 2 is 1.91 bits per heavy atom. The molecule has 1 heterocycles. The zero-order chi connectivity index (χ0) is 22.7. The van der Waals surface area contributed by atoms with E-state index in [2.05, 4.69) is 21.2 Å². The second-order valence-electron chi connectivity index (χ2n) is 6.85. The fourth-order valence-corrected chi connectivity index (χ4v) is 4.15. The van der Waals surface area contributed by atoms with Crippen LogP contribution in [0.3, 0.4) is 0 Å². The van der Waals surface area contributed by atoms with Gasteiger partial charge in [-0.2, -0.15) is 0 Å². The molecule has 32 heavy (non-hydrogen) atoms. The van der Waals surface area contributed by atoms with Crippen molar-refractivity contribution in [2.24, 2.45) is 0 Å². The van der Waals surface area contributed by atoms with Crippen molar-refractivity contribution in [3.05, 3.63) is 86.0 Å². The van der Waals surface area contributed by atoms with Crippen LogP contribution in [0.2, 0.25) is 10.0 Å². The van der Waals surface area contributed by atoms with E-state index in [1.807, 2.05) is 31.2 Å². The molecule has 0 saturated heterocycles. The van der Waals surface area contributed by atoms with Gasteiger partial charge >= 0.3 is 0 Å². The lowest BCUT2D eigenvalue weighted by atomic mass is 10.1. The molecule has 0 bridgehead atoms. The fourth-order valence-electron chi connectivity index (χ4n) is 3.11. The van der Waals surface area contributed by atoms with Gasteiger partial charge in [0.1, 0.15) is 6.61 Å². The molecule has 8 heteroatoms. The van der Waals surface area contributed by atoms with Gasteiger partial charge in [-0.3, -0.25) is 4.79 Å². The number of para-hydroxylation sites is 2. The first kappa shape index (κ1) is 22.5. The number of amides is 1. The lowest BCUT2D eigenvalue weighted by Gasteiger charge is -2.20. The number of halogens is 3. The highest BCUT2D eigenvalue weighted by Crippen LogP contribution is 2.39. The first-order chi connectivity index (χ1) is 15.4. The maximum Gasteiger partial charge on any atom is 0.291 e. The number of nitrogens with one attached hydrogen (secondary N) is 1. The van der Waals surface area contributed by atoms with Gasteiger partial charge in [0.25, 0.3) is 5.91 Å². The second kappa shape index (κ2) is 9.86. The van der Waals surface area contributed by atoms with Crippen molar-refractivity contribution in [3.63, 3.8) is 0 Å². The molecule has 0 radical (unpaired) electrons. The minimum Gasteiger partial charge on any atom is -0.489 e. The summed E-state index contributed by atoms with van der Waals surface area (Å²) in [5.74, 6) is 1.47. The quantitative estimate of drug-likeness (QED) is 0.342. The summed E-state index contributed by atoms with van der Waals surface area (Å²) in [6, 6.07) is 16.1. The van der Waals surface area contributed by atoms with Crippen LogP contribution in [0.1, 0.15) is 18.1 Å². The van der Waals surface area contributed by atoms with Crippen molar-refractivity contribution in [2.45, 2.75) is 13.5 Å². The highest BCUT2D eigenvalue weighted by Gasteiger charge is 2.22. The number of anilines is 1. The third-order valence-electron chi connectivity index (χ3n) is 4.60. The molecule has 1 aliphatic heterocycles. The Balaban J connectivity index is 1.64. The minimum absolute atomic E-state index is 0.173. The third kappa shape index (κ3) is 5.04. The van der Waals surface area contributed by atoms with Crippen LogP contribution < -0.4 is 19.5 Å². The third-order valence-corrected chi connectivity index (χ3v) is 5.77. The fraction of sp³-hybridized carbons (Fsp3) is 0.125. The summed E-state index contributed by atoms with van der Waals surface area (Å²) in [6.45, 7) is 2.56. The molecule has 0 fully saturated rings. The summed E-state index contributed by atoms with van der Waals surface area (Å²) in [7, 11) is 0. The van der Waals surface area contributed by atoms with Crippen molar-refractivity contribution < 1.29 is 19.0 Å². The molecule has 164 valence electrons. The summed E-state index contributed by atoms with van der Waals surface area (Å²) < 4.78 is 18.3. The SMILES string of the molecule is CCOc1c(Br)cc(/C=C2/Oc3ccccc3NC2=O)cc1OCc1ccc(Cl)cc1Cl. The van der Waals surface area contributed by atoms with E-state index in [9.17, 15) is 4.79 Å². The number of hydrogen-bond donors (Lipinski definition) is 1. The maximum absolute atomic E-state index is 12.5. The molecule has 5 nitrogen and oxygen atoms in total. The van der Waals surface area contributed by atoms with E-state index in [4.69, 9.17) is 37.4 Å². The summed E-state index contributed by atoms with van der Waals surface area (Å²) in [4.78, 5) is 12.5. The Hall–Kier alpha value is -2.67. The highest BCUT2D eigenvalue weighted by molar-refractivity contribution is 9.10. The topological polar surface area (TPSA) is 56.8 Å². The Morgan fingerprint density at radius 3 is 2.69 bits per heavy atom. The van der Waals surface area contributed by atoms with E-state index in [1.54, 1.807) is 36.4 Å². The Kier molecular flexibility index (Phi) is 6.94. The summed E-state index contributed by atoms with van der Waals surface area (Å²) >= 11 is 15.8. The molecule has 0 saturated carbocycles. The van der Waals surface area contributed by atoms with Gasteiger partial charge in [0, 0.05) is 15.6 Å². The van der Waals surface area contributed by atoms with Crippen molar-refractivity contribution in [1.29, 1.82) is 0 Å². The number of rotatable bonds is 6. The number of fused-ring (bicyclic) bond motifs is 1. The molecule has 3 aromatic rings.